The number of benzene rings is 1. The van der Waals surface area contributed by atoms with Crippen LogP contribution < -0.4 is 10.6 Å². The molecule has 1 aliphatic rings. The van der Waals surface area contributed by atoms with Crippen LogP contribution in [0, 0.1) is 0 Å². The normalized spacial score (nSPS) is 16.9. The standard InChI is InChI=1S/C19H28N6O2/c1-20-19(21-10-14-5-4-6-15(9-14)12-26-2)22-16-7-8-18-23-17(13-27-3)24-25(18)11-16/h4-6,9,16H,7-8,10-13H2,1-3H3,(H2,20,21,22). The molecule has 146 valence electrons. The fraction of sp³-hybridized carbons (Fsp3) is 0.526. The third kappa shape index (κ3) is 5.27. The molecule has 0 spiro atoms. The van der Waals surface area contributed by atoms with Crippen molar-refractivity contribution in [1.29, 1.82) is 0 Å². The van der Waals surface area contributed by atoms with Gasteiger partial charge in [-0.05, 0) is 17.5 Å². The summed E-state index contributed by atoms with van der Waals surface area (Å²) in [6.07, 6.45) is 1.89. The molecule has 0 bridgehead atoms. The van der Waals surface area contributed by atoms with Crippen molar-refractivity contribution in [2.24, 2.45) is 4.99 Å². The van der Waals surface area contributed by atoms with Crippen LogP contribution in [0.3, 0.4) is 0 Å². The monoisotopic (exact) mass is 372 g/mol. The number of methoxy groups -OCH3 is 2. The number of hydrogen-bond acceptors (Lipinski definition) is 5. The molecule has 2 N–H and O–H groups in total. The number of nitrogens with zero attached hydrogens (tertiary/aromatic N) is 4. The summed E-state index contributed by atoms with van der Waals surface area (Å²) in [7, 11) is 5.15. The quantitative estimate of drug-likeness (QED) is 0.562. The van der Waals surface area contributed by atoms with Gasteiger partial charge in [0.05, 0.1) is 13.2 Å². The largest absolute Gasteiger partial charge is 0.380 e. The second-order valence-electron chi connectivity index (χ2n) is 6.62. The first kappa shape index (κ1) is 19.3. The number of aliphatic imine (C=N–C) groups is 1. The first-order valence-corrected chi connectivity index (χ1v) is 9.17. The number of fused-ring (bicyclic) bond motifs is 1. The molecule has 0 saturated carbocycles. The van der Waals surface area contributed by atoms with Crippen molar-refractivity contribution >= 4 is 5.96 Å². The number of rotatable bonds is 7. The van der Waals surface area contributed by atoms with Crippen molar-refractivity contribution in [3.05, 3.63) is 47.0 Å². The first-order valence-electron chi connectivity index (χ1n) is 9.17. The van der Waals surface area contributed by atoms with Crippen LogP contribution in [0.4, 0.5) is 0 Å². The lowest BCUT2D eigenvalue weighted by Gasteiger charge is -2.25. The van der Waals surface area contributed by atoms with Gasteiger partial charge in [-0.15, -0.1) is 0 Å². The molecule has 2 aromatic rings. The molecule has 0 fully saturated rings. The Kier molecular flexibility index (Phi) is 6.78. The van der Waals surface area contributed by atoms with Gasteiger partial charge in [-0.3, -0.25) is 4.99 Å². The van der Waals surface area contributed by atoms with E-state index < -0.39 is 0 Å². The fourth-order valence-corrected chi connectivity index (χ4v) is 3.24. The molecule has 0 amide bonds. The molecule has 1 aromatic carbocycles. The number of ether oxygens (including phenoxy) is 2. The number of nitrogens with one attached hydrogen (secondary N) is 2. The van der Waals surface area contributed by atoms with E-state index in [1.807, 2.05) is 10.7 Å². The zero-order valence-electron chi connectivity index (χ0n) is 16.2. The summed E-state index contributed by atoms with van der Waals surface area (Å²) in [6.45, 7) is 2.55. The van der Waals surface area contributed by atoms with Gasteiger partial charge < -0.3 is 20.1 Å². The second kappa shape index (κ2) is 9.48. The molecule has 0 saturated heterocycles. The molecular weight excluding hydrogens is 344 g/mol. The number of aryl methyl sites for hydroxylation is 1. The molecule has 0 aliphatic carbocycles. The molecule has 3 rings (SSSR count). The smallest absolute Gasteiger partial charge is 0.191 e. The number of aromatic nitrogens is 3. The van der Waals surface area contributed by atoms with Crippen molar-refractivity contribution in [1.82, 2.24) is 25.4 Å². The van der Waals surface area contributed by atoms with Gasteiger partial charge >= 0.3 is 0 Å². The number of guanidine groups is 1. The molecule has 1 atom stereocenters. The van der Waals surface area contributed by atoms with Gasteiger partial charge in [0.15, 0.2) is 11.8 Å². The summed E-state index contributed by atoms with van der Waals surface area (Å²) in [4.78, 5) is 8.87. The van der Waals surface area contributed by atoms with Crippen LogP contribution in [0.5, 0.6) is 0 Å². The summed E-state index contributed by atoms with van der Waals surface area (Å²) in [5, 5.41) is 11.4. The molecule has 0 radical (unpaired) electrons. The highest BCUT2D eigenvalue weighted by Gasteiger charge is 2.22. The molecule has 8 nitrogen and oxygen atoms in total. The minimum Gasteiger partial charge on any atom is -0.380 e. The minimum absolute atomic E-state index is 0.264. The van der Waals surface area contributed by atoms with Crippen molar-refractivity contribution in [2.45, 2.75) is 45.2 Å². The van der Waals surface area contributed by atoms with Gasteiger partial charge in [-0.1, -0.05) is 24.3 Å². The third-order valence-electron chi connectivity index (χ3n) is 4.50. The summed E-state index contributed by atoms with van der Waals surface area (Å²) >= 11 is 0. The lowest BCUT2D eigenvalue weighted by molar-refractivity contribution is 0.177. The highest BCUT2D eigenvalue weighted by atomic mass is 16.5. The Balaban J connectivity index is 1.54. The highest BCUT2D eigenvalue weighted by molar-refractivity contribution is 5.79. The Labute approximate surface area is 160 Å². The van der Waals surface area contributed by atoms with Crippen molar-refractivity contribution in [3.8, 4) is 0 Å². The molecular formula is C19H28N6O2. The highest BCUT2D eigenvalue weighted by Crippen LogP contribution is 2.13. The fourth-order valence-electron chi connectivity index (χ4n) is 3.24. The van der Waals surface area contributed by atoms with E-state index in [0.29, 0.717) is 19.8 Å². The van der Waals surface area contributed by atoms with Crippen LogP contribution in [0.25, 0.3) is 0 Å². The van der Waals surface area contributed by atoms with Crippen molar-refractivity contribution in [2.75, 3.05) is 21.3 Å². The lowest BCUT2D eigenvalue weighted by atomic mass is 10.1. The topological polar surface area (TPSA) is 85.6 Å². The van der Waals surface area contributed by atoms with Gasteiger partial charge in [0, 0.05) is 40.3 Å². The third-order valence-corrected chi connectivity index (χ3v) is 4.50. The minimum atomic E-state index is 0.264. The van der Waals surface area contributed by atoms with Gasteiger partial charge in [0.25, 0.3) is 0 Å². The van der Waals surface area contributed by atoms with E-state index in [-0.39, 0.29) is 6.04 Å². The summed E-state index contributed by atoms with van der Waals surface area (Å²) in [5.74, 6) is 2.56. The lowest BCUT2D eigenvalue weighted by Crippen LogP contribution is -2.46. The van der Waals surface area contributed by atoms with Gasteiger partial charge in [0.1, 0.15) is 12.4 Å². The Morgan fingerprint density at radius 3 is 2.85 bits per heavy atom. The van der Waals surface area contributed by atoms with E-state index >= 15 is 0 Å². The van der Waals surface area contributed by atoms with E-state index in [1.54, 1.807) is 21.3 Å². The SMILES string of the molecule is CN=C(NCc1cccc(COC)c1)NC1CCc2nc(COC)nn2C1. The summed E-state index contributed by atoms with van der Waals surface area (Å²) < 4.78 is 12.3. The average molecular weight is 372 g/mol. The predicted molar refractivity (Wildman–Crippen MR) is 103 cm³/mol. The molecule has 1 aliphatic heterocycles. The van der Waals surface area contributed by atoms with E-state index in [4.69, 9.17) is 9.47 Å². The summed E-state index contributed by atoms with van der Waals surface area (Å²) in [6, 6.07) is 8.62. The van der Waals surface area contributed by atoms with Crippen LogP contribution in [-0.2, 0) is 42.2 Å². The van der Waals surface area contributed by atoms with Gasteiger partial charge in [-0.2, -0.15) is 5.10 Å². The maximum Gasteiger partial charge on any atom is 0.191 e. The van der Waals surface area contributed by atoms with Crippen molar-refractivity contribution in [3.63, 3.8) is 0 Å². The molecule has 8 heteroatoms. The Bertz CT molecular complexity index is 773. The van der Waals surface area contributed by atoms with Crippen LogP contribution >= 0.6 is 0 Å². The van der Waals surface area contributed by atoms with Gasteiger partial charge in [0.2, 0.25) is 0 Å². The van der Waals surface area contributed by atoms with E-state index in [9.17, 15) is 0 Å². The Hall–Kier alpha value is -2.45. The zero-order chi connectivity index (χ0) is 19.1. The van der Waals surface area contributed by atoms with Crippen LogP contribution in [0.15, 0.2) is 29.3 Å². The Morgan fingerprint density at radius 1 is 1.26 bits per heavy atom. The molecule has 27 heavy (non-hydrogen) atoms. The van der Waals surface area contributed by atoms with Gasteiger partial charge in [-0.25, -0.2) is 9.67 Å². The first-order chi connectivity index (χ1) is 13.2. The number of hydrogen-bond donors (Lipinski definition) is 2. The predicted octanol–water partition coefficient (Wildman–Crippen LogP) is 1.25. The molecule has 1 unspecified atom stereocenters. The second-order valence-corrected chi connectivity index (χ2v) is 6.62. The zero-order valence-corrected chi connectivity index (χ0v) is 16.2. The average Bonchev–Trinajstić information content (AvgIpc) is 3.07. The maximum absolute atomic E-state index is 5.20. The molecule has 2 heterocycles. The van der Waals surface area contributed by atoms with Crippen LogP contribution in [0.1, 0.15) is 29.2 Å². The Morgan fingerprint density at radius 2 is 2.07 bits per heavy atom. The van der Waals surface area contributed by atoms with E-state index in [0.717, 1.165) is 42.6 Å². The van der Waals surface area contributed by atoms with E-state index in [1.165, 1.54) is 5.56 Å². The summed E-state index contributed by atoms with van der Waals surface area (Å²) in [5.41, 5.74) is 2.36. The van der Waals surface area contributed by atoms with Crippen molar-refractivity contribution < 1.29 is 9.47 Å². The maximum atomic E-state index is 5.20. The van der Waals surface area contributed by atoms with Crippen LogP contribution in [-0.4, -0.2) is 48.0 Å². The van der Waals surface area contributed by atoms with E-state index in [2.05, 4.69) is 43.9 Å². The molecule has 1 aromatic heterocycles. The van der Waals surface area contributed by atoms with Crippen LogP contribution in [0.2, 0.25) is 0 Å².